The summed E-state index contributed by atoms with van der Waals surface area (Å²) in [6.07, 6.45) is -1.59. The Morgan fingerprint density at radius 2 is 1.89 bits per heavy atom. The van der Waals surface area contributed by atoms with Crippen molar-refractivity contribution in [1.29, 1.82) is 5.26 Å². The van der Waals surface area contributed by atoms with E-state index < -0.39 is 29.7 Å². The molecule has 2 N–H and O–H groups in total. The SMILES string of the molecule is N#Cc1cccc(C2CCC(N(CCN3CC[C@H](O)C3)C(=O)Nc3ccc(F)c(C(F)(F)F)c3)CC2)c1. The van der Waals surface area contributed by atoms with E-state index in [4.69, 9.17) is 0 Å². The van der Waals surface area contributed by atoms with Crippen LogP contribution in [-0.4, -0.2) is 59.3 Å². The number of benzene rings is 2. The van der Waals surface area contributed by atoms with E-state index in [9.17, 15) is 32.7 Å². The van der Waals surface area contributed by atoms with Crippen molar-refractivity contribution in [1.82, 2.24) is 9.80 Å². The number of β-amino-alcohol motifs (C(OH)–C–C–N with tert-alkyl or cyclic N) is 1. The van der Waals surface area contributed by atoms with E-state index in [1.807, 2.05) is 18.2 Å². The number of urea groups is 1. The average Bonchev–Trinajstić information content (AvgIpc) is 3.30. The normalized spacial score (nSPS) is 22.4. The van der Waals surface area contributed by atoms with Gasteiger partial charge in [-0.25, -0.2) is 9.18 Å². The number of likely N-dealkylation sites (tertiary alicyclic amines) is 1. The number of alkyl halides is 3. The van der Waals surface area contributed by atoms with Crippen molar-refractivity contribution in [2.24, 2.45) is 0 Å². The Kier molecular flexibility index (Phi) is 8.35. The Balaban J connectivity index is 1.46. The monoisotopic (exact) mass is 518 g/mol. The zero-order valence-corrected chi connectivity index (χ0v) is 20.3. The number of carbonyl (C=O) groups excluding carboxylic acids is 1. The summed E-state index contributed by atoms with van der Waals surface area (Å²) < 4.78 is 53.2. The topological polar surface area (TPSA) is 79.6 Å². The fourth-order valence-electron chi connectivity index (χ4n) is 5.31. The summed E-state index contributed by atoms with van der Waals surface area (Å²) in [4.78, 5) is 17.0. The largest absolute Gasteiger partial charge is 0.419 e. The van der Waals surface area contributed by atoms with Gasteiger partial charge in [-0.3, -0.25) is 4.90 Å². The van der Waals surface area contributed by atoms with Crippen molar-refractivity contribution in [2.45, 2.75) is 56.3 Å². The highest BCUT2D eigenvalue weighted by Crippen LogP contribution is 2.36. The molecule has 1 aliphatic heterocycles. The lowest BCUT2D eigenvalue weighted by Crippen LogP contribution is -2.47. The Bertz CT molecular complexity index is 1140. The molecule has 0 aromatic heterocycles. The van der Waals surface area contributed by atoms with Gasteiger partial charge in [0.2, 0.25) is 0 Å². The van der Waals surface area contributed by atoms with Crippen LogP contribution in [0, 0.1) is 17.1 Å². The summed E-state index contributed by atoms with van der Waals surface area (Å²) >= 11 is 0. The third-order valence-corrected chi connectivity index (χ3v) is 7.31. The minimum atomic E-state index is -4.87. The number of nitrogens with zero attached hydrogens (tertiary/aromatic N) is 3. The van der Waals surface area contributed by atoms with Crippen molar-refractivity contribution >= 4 is 11.7 Å². The van der Waals surface area contributed by atoms with Crippen molar-refractivity contribution in [3.63, 3.8) is 0 Å². The first-order chi connectivity index (χ1) is 17.6. The molecular formula is C27H30F4N4O2. The fourth-order valence-corrected chi connectivity index (χ4v) is 5.31. The Morgan fingerprint density at radius 3 is 2.54 bits per heavy atom. The predicted molar refractivity (Wildman–Crippen MR) is 130 cm³/mol. The molecule has 2 fully saturated rings. The van der Waals surface area contributed by atoms with Gasteiger partial charge in [0, 0.05) is 37.9 Å². The van der Waals surface area contributed by atoms with Crippen molar-refractivity contribution in [3.05, 3.63) is 65.0 Å². The maximum absolute atomic E-state index is 13.7. The molecule has 1 atom stereocenters. The van der Waals surface area contributed by atoms with Gasteiger partial charge in [0.1, 0.15) is 5.82 Å². The summed E-state index contributed by atoms with van der Waals surface area (Å²) in [5, 5.41) is 21.6. The molecule has 0 radical (unpaired) electrons. The number of aliphatic hydroxyl groups excluding tert-OH is 1. The van der Waals surface area contributed by atoms with Gasteiger partial charge in [-0.1, -0.05) is 12.1 Å². The molecule has 1 saturated carbocycles. The lowest BCUT2D eigenvalue weighted by Gasteiger charge is -2.38. The third kappa shape index (κ3) is 6.79. The first-order valence-corrected chi connectivity index (χ1v) is 12.5. The Morgan fingerprint density at radius 1 is 1.14 bits per heavy atom. The maximum Gasteiger partial charge on any atom is 0.419 e. The van der Waals surface area contributed by atoms with Crippen LogP contribution in [0.15, 0.2) is 42.5 Å². The summed E-state index contributed by atoms with van der Waals surface area (Å²) in [5.41, 5.74) is 0.141. The third-order valence-electron chi connectivity index (χ3n) is 7.31. The molecule has 1 saturated heterocycles. The van der Waals surface area contributed by atoms with Crippen molar-refractivity contribution in [2.75, 3.05) is 31.5 Å². The zero-order valence-electron chi connectivity index (χ0n) is 20.3. The molecule has 0 unspecified atom stereocenters. The van der Waals surface area contributed by atoms with E-state index in [1.54, 1.807) is 11.0 Å². The van der Waals surface area contributed by atoms with Crippen molar-refractivity contribution < 1.29 is 27.5 Å². The van der Waals surface area contributed by atoms with Gasteiger partial charge in [-0.05, 0) is 73.9 Å². The van der Waals surface area contributed by atoms with Gasteiger partial charge >= 0.3 is 12.2 Å². The van der Waals surface area contributed by atoms with Gasteiger partial charge in [0.15, 0.2) is 0 Å². The average molecular weight is 519 g/mol. The Hall–Kier alpha value is -3.16. The number of nitrogens with one attached hydrogen (secondary N) is 1. The van der Waals surface area contributed by atoms with Crippen LogP contribution in [0.4, 0.5) is 28.0 Å². The lowest BCUT2D eigenvalue weighted by molar-refractivity contribution is -0.139. The number of hydrogen-bond acceptors (Lipinski definition) is 4. The quantitative estimate of drug-likeness (QED) is 0.506. The standard InChI is InChI=1S/C27H30F4N4O2/c28-25-9-6-21(15-24(25)27(29,30)31)33-26(37)35(13-12-34-11-10-23(36)17-34)22-7-4-19(5-8-22)20-3-1-2-18(14-20)16-32/h1-3,6,9,14-15,19,22-23,36H,4-5,7-8,10-13,17H2,(H,33,37)/t19?,22?,23-/m0/s1. The van der Waals surface area contributed by atoms with Crippen LogP contribution in [0.25, 0.3) is 0 Å². The molecule has 10 heteroatoms. The van der Waals surface area contributed by atoms with Gasteiger partial charge < -0.3 is 15.3 Å². The van der Waals surface area contributed by atoms with E-state index in [-0.39, 0.29) is 17.6 Å². The van der Waals surface area contributed by atoms with Gasteiger partial charge in [0.25, 0.3) is 0 Å². The molecule has 1 heterocycles. The Labute approximate surface area is 213 Å². The molecule has 2 aliphatic rings. The van der Waals surface area contributed by atoms with Crippen molar-refractivity contribution in [3.8, 4) is 6.07 Å². The highest BCUT2D eigenvalue weighted by molar-refractivity contribution is 5.89. The number of amides is 2. The number of rotatable bonds is 6. The van der Waals surface area contributed by atoms with Crippen LogP contribution in [0.5, 0.6) is 0 Å². The van der Waals surface area contributed by atoms with E-state index in [1.165, 1.54) is 0 Å². The highest BCUT2D eigenvalue weighted by atomic mass is 19.4. The molecule has 0 bridgehead atoms. The highest BCUT2D eigenvalue weighted by Gasteiger charge is 2.35. The van der Waals surface area contributed by atoms with Gasteiger partial charge in [-0.2, -0.15) is 18.4 Å². The zero-order chi connectivity index (χ0) is 26.6. The van der Waals surface area contributed by atoms with E-state index >= 15 is 0 Å². The molecule has 2 aromatic carbocycles. The molecule has 2 amide bonds. The molecule has 37 heavy (non-hydrogen) atoms. The second-order valence-corrected chi connectivity index (χ2v) is 9.80. The molecular weight excluding hydrogens is 488 g/mol. The smallest absolute Gasteiger partial charge is 0.392 e. The van der Waals surface area contributed by atoms with Crippen LogP contribution in [-0.2, 0) is 6.18 Å². The molecule has 2 aromatic rings. The molecule has 6 nitrogen and oxygen atoms in total. The maximum atomic E-state index is 13.7. The van der Waals surface area contributed by atoms with Crippen LogP contribution in [0.1, 0.15) is 54.7 Å². The first kappa shape index (κ1) is 26.9. The van der Waals surface area contributed by atoms with Crippen LogP contribution in [0.2, 0.25) is 0 Å². The fraction of sp³-hybridized carbons (Fsp3) is 0.481. The number of anilines is 1. The molecule has 4 rings (SSSR count). The predicted octanol–water partition coefficient (Wildman–Crippen LogP) is 5.34. The summed E-state index contributed by atoms with van der Waals surface area (Å²) in [7, 11) is 0. The van der Waals surface area contributed by atoms with E-state index in [0.29, 0.717) is 63.1 Å². The number of carbonyl (C=O) groups is 1. The first-order valence-electron chi connectivity index (χ1n) is 12.5. The van der Waals surface area contributed by atoms with Crippen LogP contribution >= 0.6 is 0 Å². The van der Waals surface area contributed by atoms with Gasteiger partial charge in [0.05, 0.1) is 23.3 Å². The second-order valence-electron chi connectivity index (χ2n) is 9.80. The number of halogens is 4. The molecule has 198 valence electrons. The van der Waals surface area contributed by atoms with E-state index in [2.05, 4.69) is 16.3 Å². The van der Waals surface area contributed by atoms with Crippen LogP contribution < -0.4 is 5.32 Å². The van der Waals surface area contributed by atoms with Gasteiger partial charge in [-0.15, -0.1) is 0 Å². The summed E-state index contributed by atoms with van der Waals surface area (Å²) in [6, 6.07) is 11.5. The molecule has 0 spiro atoms. The second kappa shape index (κ2) is 11.5. The number of hydrogen-bond donors (Lipinski definition) is 2. The molecule has 1 aliphatic carbocycles. The minimum Gasteiger partial charge on any atom is -0.392 e. The summed E-state index contributed by atoms with van der Waals surface area (Å²) in [5.74, 6) is -1.14. The lowest BCUT2D eigenvalue weighted by atomic mass is 9.81. The summed E-state index contributed by atoms with van der Waals surface area (Å²) in [6.45, 7) is 2.12. The van der Waals surface area contributed by atoms with E-state index in [0.717, 1.165) is 24.5 Å². The number of nitriles is 1. The minimum absolute atomic E-state index is 0.120. The van der Waals surface area contributed by atoms with Crippen LogP contribution in [0.3, 0.4) is 0 Å². The number of aliphatic hydroxyl groups is 1.